The number of carbonyl (C=O) groups excluding carboxylic acids is 2. The SMILES string of the molecule is Cc1ccc(N2CC(C(=O)NC(C)(C)C)CC2=O)cc1Cl. The van der Waals surface area contributed by atoms with E-state index in [0.717, 1.165) is 11.3 Å². The van der Waals surface area contributed by atoms with Crippen LogP contribution in [0.4, 0.5) is 5.69 Å². The maximum absolute atomic E-state index is 12.2. The molecule has 1 N–H and O–H groups in total. The van der Waals surface area contributed by atoms with Crippen LogP contribution in [0.25, 0.3) is 0 Å². The molecule has 1 heterocycles. The van der Waals surface area contributed by atoms with Crippen molar-refractivity contribution < 1.29 is 9.59 Å². The molecule has 0 radical (unpaired) electrons. The maximum Gasteiger partial charge on any atom is 0.227 e. The lowest BCUT2D eigenvalue weighted by Gasteiger charge is -2.23. The van der Waals surface area contributed by atoms with Crippen molar-refractivity contribution in [1.82, 2.24) is 5.32 Å². The first-order chi connectivity index (χ1) is 9.67. The Labute approximate surface area is 130 Å². The molecule has 1 atom stereocenters. The standard InChI is InChI=1S/C16H21ClN2O2/c1-10-5-6-12(8-13(10)17)19-9-11(7-14(19)20)15(21)18-16(2,3)4/h5-6,8,11H,7,9H2,1-4H3,(H,18,21). The van der Waals surface area contributed by atoms with Gasteiger partial charge in [0.2, 0.25) is 11.8 Å². The highest BCUT2D eigenvalue weighted by Gasteiger charge is 2.36. The van der Waals surface area contributed by atoms with Crippen molar-refractivity contribution in [3.8, 4) is 0 Å². The van der Waals surface area contributed by atoms with Gasteiger partial charge in [0.25, 0.3) is 0 Å². The van der Waals surface area contributed by atoms with E-state index in [0.29, 0.717) is 11.6 Å². The van der Waals surface area contributed by atoms with Crippen molar-refractivity contribution in [2.24, 2.45) is 5.92 Å². The number of benzene rings is 1. The van der Waals surface area contributed by atoms with Crippen LogP contribution >= 0.6 is 11.6 Å². The summed E-state index contributed by atoms with van der Waals surface area (Å²) in [7, 11) is 0. The highest BCUT2D eigenvalue weighted by molar-refractivity contribution is 6.31. The van der Waals surface area contributed by atoms with Crippen LogP contribution in [0, 0.1) is 12.8 Å². The summed E-state index contributed by atoms with van der Waals surface area (Å²) in [5, 5.41) is 3.56. The van der Waals surface area contributed by atoms with Gasteiger partial charge in [-0.15, -0.1) is 0 Å². The first kappa shape index (κ1) is 15.8. The minimum absolute atomic E-state index is 0.0380. The molecule has 114 valence electrons. The topological polar surface area (TPSA) is 49.4 Å². The monoisotopic (exact) mass is 308 g/mol. The fourth-order valence-corrected chi connectivity index (χ4v) is 2.53. The van der Waals surface area contributed by atoms with E-state index >= 15 is 0 Å². The minimum atomic E-state index is -0.309. The molecular weight excluding hydrogens is 288 g/mol. The van der Waals surface area contributed by atoms with Crippen molar-refractivity contribution >= 4 is 29.1 Å². The largest absolute Gasteiger partial charge is 0.351 e. The first-order valence-corrected chi connectivity index (χ1v) is 7.44. The van der Waals surface area contributed by atoms with Crippen LogP contribution in [0.15, 0.2) is 18.2 Å². The highest BCUT2D eigenvalue weighted by atomic mass is 35.5. The molecule has 1 aromatic rings. The molecule has 0 saturated carbocycles. The summed E-state index contributed by atoms with van der Waals surface area (Å²) in [5.74, 6) is -0.419. The van der Waals surface area contributed by atoms with Gasteiger partial charge in [0.05, 0.1) is 5.92 Å². The van der Waals surface area contributed by atoms with Crippen LogP contribution < -0.4 is 10.2 Å². The number of halogens is 1. The van der Waals surface area contributed by atoms with E-state index in [2.05, 4.69) is 5.32 Å². The summed E-state index contributed by atoms with van der Waals surface area (Å²) >= 11 is 6.11. The average molecular weight is 309 g/mol. The molecule has 1 fully saturated rings. The van der Waals surface area contributed by atoms with Gasteiger partial charge in [0, 0.05) is 29.2 Å². The van der Waals surface area contributed by atoms with E-state index in [1.807, 2.05) is 39.8 Å². The number of aryl methyl sites for hydroxylation is 1. The van der Waals surface area contributed by atoms with Crippen molar-refractivity contribution in [2.75, 3.05) is 11.4 Å². The summed E-state index contributed by atoms with van der Waals surface area (Å²) in [6, 6.07) is 5.52. The van der Waals surface area contributed by atoms with Crippen molar-refractivity contribution in [2.45, 2.75) is 39.7 Å². The van der Waals surface area contributed by atoms with Gasteiger partial charge in [0.15, 0.2) is 0 Å². The van der Waals surface area contributed by atoms with E-state index in [4.69, 9.17) is 11.6 Å². The van der Waals surface area contributed by atoms with E-state index in [9.17, 15) is 9.59 Å². The zero-order valence-corrected chi connectivity index (χ0v) is 13.6. The molecule has 0 bridgehead atoms. The number of rotatable bonds is 2. The van der Waals surface area contributed by atoms with Gasteiger partial charge >= 0.3 is 0 Å². The Kier molecular flexibility index (Phi) is 4.28. The van der Waals surface area contributed by atoms with E-state index in [-0.39, 0.29) is 29.7 Å². The van der Waals surface area contributed by atoms with Crippen LogP contribution in [0.3, 0.4) is 0 Å². The molecule has 1 saturated heterocycles. The summed E-state index contributed by atoms with van der Waals surface area (Å²) in [6.07, 6.45) is 0.243. The Balaban J connectivity index is 2.12. The summed E-state index contributed by atoms with van der Waals surface area (Å²) < 4.78 is 0. The van der Waals surface area contributed by atoms with Crippen molar-refractivity contribution in [3.63, 3.8) is 0 Å². The fourth-order valence-electron chi connectivity index (χ4n) is 2.35. The van der Waals surface area contributed by atoms with Gasteiger partial charge in [-0.25, -0.2) is 0 Å². The average Bonchev–Trinajstić information content (AvgIpc) is 2.73. The predicted molar refractivity (Wildman–Crippen MR) is 84.5 cm³/mol. The molecule has 5 heteroatoms. The maximum atomic E-state index is 12.2. The number of anilines is 1. The smallest absolute Gasteiger partial charge is 0.227 e. The number of hydrogen-bond acceptors (Lipinski definition) is 2. The van der Waals surface area contributed by atoms with E-state index < -0.39 is 0 Å². The predicted octanol–water partition coefficient (Wildman–Crippen LogP) is 2.92. The Morgan fingerprint density at radius 1 is 1.38 bits per heavy atom. The zero-order chi connectivity index (χ0) is 15.8. The summed E-state index contributed by atoms with van der Waals surface area (Å²) in [6.45, 7) is 8.11. The summed E-state index contributed by atoms with van der Waals surface area (Å²) in [5.41, 5.74) is 1.43. The fraction of sp³-hybridized carbons (Fsp3) is 0.500. The molecule has 2 amide bonds. The first-order valence-electron chi connectivity index (χ1n) is 7.06. The van der Waals surface area contributed by atoms with Crippen LogP contribution in [0.2, 0.25) is 5.02 Å². The zero-order valence-electron chi connectivity index (χ0n) is 12.9. The molecule has 0 spiro atoms. The van der Waals surface area contributed by atoms with Crippen LogP contribution in [-0.2, 0) is 9.59 Å². The van der Waals surface area contributed by atoms with Gasteiger partial charge in [-0.2, -0.15) is 0 Å². The van der Waals surface area contributed by atoms with Gasteiger partial charge in [0.1, 0.15) is 0 Å². The van der Waals surface area contributed by atoms with Crippen LogP contribution in [-0.4, -0.2) is 23.9 Å². The third kappa shape index (κ3) is 3.76. The second-order valence-electron chi connectivity index (χ2n) is 6.58. The molecule has 1 aromatic carbocycles. The summed E-state index contributed by atoms with van der Waals surface area (Å²) in [4.78, 5) is 26.0. The molecule has 4 nitrogen and oxygen atoms in total. The Morgan fingerprint density at radius 3 is 2.62 bits per heavy atom. The van der Waals surface area contributed by atoms with Crippen molar-refractivity contribution in [1.29, 1.82) is 0 Å². The highest BCUT2D eigenvalue weighted by Crippen LogP contribution is 2.29. The number of nitrogens with one attached hydrogen (secondary N) is 1. The molecule has 21 heavy (non-hydrogen) atoms. The molecule has 1 unspecified atom stereocenters. The van der Waals surface area contributed by atoms with E-state index in [1.165, 1.54) is 0 Å². The Bertz CT molecular complexity index is 578. The van der Waals surface area contributed by atoms with Gasteiger partial charge in [-0.1, -0.05) is 17.7 Å². The van der Waals surface area contributed by atoms with Crippen molar-refractivity contribution in [3.05, 3.63) is 28.8 Å². The second kappa shape index (κ2) is 5.68. The number of hydrogen-bond donors (Lipinski definition) is 1. The lowest BCUT2D eigenvalue weighted by Crippen LogP contribution is -2.44. The van der Waals surface area contributed by atoms with Crippen LogP contribution in [0.1, 0.15) is 32.8 Å². The second-order valence-corrected chi connectivity index (χ2v) is 6.99. The quantitative estimate of drug-likeness (QED) is 0.913. The molecule has 1 aliphatic rings. The van der Waals surface area contributed by atoms with Gasteiger partial charge < -0.3 is 10.2 Å². The third-order valence-electron chi connectivity index (χ3n) is 3.46. The minimum Gasteiger partial charge on any atom is -0.351 e. The molecule has 2 rings (SSSR count). The van der Waals surface area contributed by atoms with Crippen LogP contribution in [0.5, 0.6) is 0 Å². The number of nitrogens with zero attached hydrogens (tertiary/aromatic N) is 1. The number of carbonyl (C=O) groups is 2. The number of amides is 2. The third-order valence-corrected chi connectivity index (χ3v) is 3.87. The molecule has 0 aliphatic carbocycles. The lowest BCUT2D eigenvalue weighted by molar-refractivity contribution is -0.127. The normalized spacial score (nSPS) is 19.0. The Morgan fingerprint density at radius 2 is 2.05 bits per heavy atom. The molecular formula is C16H21ClN2O2. The van der Waals surface area contributed by atoms with E-state index in [1.54, 1.807) is 11.0 Å². The molecule has 1 aliphatic heterocycles. The Hall–Kier alpha value is -1.55. The lowest BCUT2D eigenvalue weighted by atomic mass is 10.0. The van der Waals surface area contributed by atoms with Gasteiger partial charge in [-0.3, -0.25) is 9.59 Å². The van der Waals surface area contributed by atoms with Gasteiger partial charge in [-0.05, 0) is 45.4 Å². The molecule has 0 aromatic heterocycles.